The van der Waals surface area contributed by atoms with E-state index in [-0.39, 0.29) is 17.9 Å². The zero-order valence-corrected chi connectivity index (χ0v) is 11.0. The standard InChI is InChI=1S/C12H23N3O3/c1-18-9-8-14-11(16)5-7-15-12(17)10-4-2-3-6-13-10/h10,13H,2-9H2,1H3,(H,14,16)(H,15,17)/t10-/m0/s1. The highest BCUT2D eigenvalue weighted by atomic mass is 16.5. The molecule has 1 saturated heterocycles. The molecule has 0 saturated carbocycles. The van der Waals surface area contributed by atoms with Crippen molar-refractivity contribution in [3.05, 3.63) is 0 Å². The Balaban J connectivity index is 2.05. The molecule has 0 aromatic rings. The van der Waals surface area contributed by atoms with Crippen molar-refractivity contribution in [3.63, 3.8) is 0 Å². The Hall–Kier alpha value is -1.14. The van der Waals surface area contributed by atoms with Crippen LogP contribution in [0, 0.1) is 0 Å². The van der Waals surface area contributed by atoms with Crippen LogP contribution in [0.3, 0.4) is 0 Å². The van der Waals surface area contributed by atoms with Gasteiger partial charge in [0.1, 0.15) is 0 Å². The van der Waals surface area contributed by atoms with Crippen LogP contribution >= 0.6 is 0 Å². The van der Waals surface area contributed by atoms with E-state index in [1.165, 1.54) is 0 Å². The van der Waals surface area contributed by atoms with E-state index < -0.39 is 0 Å². The average Bonchev–Trinajstić information content (AvgIpc) is 2.40. The van der Waals surface area contributed by atoms with Crippen LogP contribution in [0.25, 0.3) is 0 Å². The number of carbonyl (C=O) groups is 2. The Morgan fingerprint density at radius 2 is 2.11 bits per heavy atom. The number of carbonyl (C=O) groups excluding carboxylic acids is 2. The van der Waals surface area contributed by atoms with Gasteiger partial charge in [-0.1, -0.05) is 6.42 Å². The molecule has 0 aromatic heterocycles. The molecule has 1 fully saturated rings. The Bertz CT molecular complexity index is 265. The summed E-state index contributed by atoms with van der Waals surface area (Å²) in [6.45, 7) is 2.29. The predicted octanol–water partition coefficient (Wildman–Crippen LogP) is -0.603. The van der Waals surface area contributed by atoms with Crippen LogP contribution < -0.4 is 16.0 Å². The van der Waals surface area contributed by atoms with Crippen LogP contribution in [0.5, 0.6) is 0 Å². The lowest BCUT2D eigenvalue weighted by Gasteiger charge is -2.22. The molecule has 0 radical (unpaired) electrons. The first-order valence-electron chi connectivity index (χ1n) is 6.50. The van der Waals surface area contributed by atoms with Gasteiger partial charge in [0.05, 0.1) is 12.6 Å². The van der Waals surface area contributed by atoms with Crippen LogP contribution in [0.2, 0.25) is 0 Å². The quantitative estimate of drug-likeness (QED) is 0.532. The summed E-state index contributed by atoms with van der Waals surface area (Å²) in [5.74, 6) is -0.0663. The molecule has 18 heavy (non-hydrogen) atoms. The maximum Gasteiger partial charge on any atom is 0.237 e. The minimum absolute atomic E-state index is 0.000563. The molecule has 104 valence electrons. The van der Waals surface area contributed by atoms with E-state index in [0.717, 1.165) is 25.8 Å². The number of piperidine rings is 1. The predicted molar refractivity (Wildman–Crippen MR) is 68.2 cm³/mol. The van der Waals surface area contributed by atoms with Gasteiger partial charge >= 0.3 is 0 Å². The first-order chi connectivity index (χ1) is 8.74. The van der Waals surface area contributed by atoms with Crippen LogP contribution in [0.1, 0.15) is 25.7 Å². The first-order valence-corrected chi connectivity index (χ1v) is 6.50. The number of nitrogens with one attached hydrogen (secondary N) is 3. The Morgan fingerprint density at radius 1 is 1.28 bits per heavy atom. The van der Waals surface area contributed by atoms with E-state index in [1.54, 1.807) is 7.11 Å². The Morgan fingerprint density at radius 3 is 2.78 bits per heavy atom. The molecule has 1 rings (SSSR count). The lowest BCUT2D eigenvalue weighted by atomic mass is 10.0. The van der Waals surface area contributed by atoms with Gasteiger partial charge in [-0.25, -0.2) is 0 Å². The second-order valence-electron chi connectivity index (χ2n) is 4.39. The molecule has 1 atom stereocenters. The molecule has 6 heteroatoms. The van der Waals surface area contributed by atoms with Crippen molar-refractivity contribution in [1.82, 2.24) is 16.0 Å². The summed E-state index contributed by atoms with van der Waals surface area (Å²) in [6, 6.07) is -0.0877. The van der Waals surface area contributed by atoms with Crippen molar-refractivity contribution in [3.8, 4) is 0 Å². The second kappa shape index (κ2) is 8.88. The fourth-order valence-corrected chi connectivity index (χ4v) is 1.88. The van der Waals surface area contributed by atoms with Crippen molar-refractivity contribution in [2.24, 2.45) is 0 Å². The fourth-order valence-electron chi connectivity index (χ4n) is 1.88. The monoisotopic (exact) mass is 257 g/mol. The third-order valence-electron chi connectivity index (χ3n) is 2.91. The maximum absolute atomic E-state index is 11.7. The SMILES string of the molecule is COCCNC(=O)CCNC(=O)[C@@H]1CCCCN1. The largest absolute Gasteiger partial charge is 0.383 e. The number of hydrogen-bond acceptors (Lipinski definition) is 4. The number of methoxy groups -OCH3 is 1. The summed E-state index contributed by atoms with van der Waals surface area (Å²) in [5, 5.41) is 8.66. The van der Waals surface area contributed by atoms with Crippen LogP contribution in [0.4, 0.5) is 0 Å². The molecule has 6 nitrogen and oxygen atoms in total. The lowest BCUT2D eigenvalue weighted by Crippen LogP contribution is -2.47. The lowest BCUT2D eigenvalue weighted by molar-refractivity contribution is -0.124. The van der Waals surface area contributed by atoms with Crippen LogP contribution in [0.15, 0.2) is 0 Å². The fraction of sp³-hybridized carbons (Fsp3) is 0.833. The van der Waals surface area contributed by atoms with Gasteiger partial charge in [0.25, 0.3) is 0 Å². The molecular formula is C12H23N3O3. The summed E-state index contributed by atoms with van der Waals surface area (Å²) < 4.78 is 4.82. The van der Waals surface area contributed by atoms with Crippen molar-refractivity contribution in [2.75, 3.05) is 33.4 Å². The maximum atomic E-state index is 11.7. The van der Waals surface area contributed by atoms with Crippen molar-refractivity contribution in [2.45, 2.75) is 31.7 Å². The number of rotatable bonds is 7. The molecule has 1 heterocycles. The molecule has 2 amide bonds. The summed E-state index contributed by atoms with van der Waals surface area (Å²) in [5.41, 5.74) is 0. The average molecular weight is 257 g/mol. The summed E-state index contributed by atoms with van der Waals surface area (Å²) >= 11 is 0. The third kappa shape index (κ3) is 5.97. The number of ether oxygens (including phenoxy) is 1. The first kappa shape index (κ1) is 14.9. The zero-order valence-electron chi connectivity index (χ0n) is 11.0. The zero-order chi connectivity index (χ0) is 13.2. The Kier molecular flexibility index (Phi) is 7.36. The Labute approximate surface area is 108 Å². The van der Waals surface area contributed by atoms with Gasteiger partial charge in [-0.2, -0.15) is 0 Å². The van der Waals surface area contributed by atoms with Gasteiger partial charge in [-0.15, -0.1) is 0 Å². The smallest absolute Gasteiger partial charge is 0.237 e. The van der Waals surface area contributed by atoms with Crippen molar-refractivity contribution in [1.29, 1.82) is 0 Å². The summed E-state index contributed by atoms with van der Waals surface area (Å²) in [7, 11) is 1.59. The van der Waals surface area contributed by atoms with E-state index in [4.69, 9.17) is 4.74 Å². The third-order valence-corrected chi connectivity index (χ3v) is 2.91. The molecule has 1 aliphatic rings. The summed E-state index contributed by atoms with van der Waals surface area (Å²) in [4.78, 5) is 23.1. The number of hydrogen-bond donors (Lipinski definition) is 3. The van der Waals surface area contributed by atoms with E-state index >= 15 is 0 Å². The minimum Gasteiger partial charge on any atom is -0.383 e. The second-order valence-corrected chi connectivity index (χ2v) is 4.39. The molecule has 0 spiro atoms. The highest BCUT2D eigenvalue weighted by molar-refractivity contribution is 5.82. The van der Waals surface area contributed by atoms with Crippen LogP contribution in [-0.2, 0) is 14.3 Å². The van der Waals surface area contributed by atoms with E-state index in [1.807, 2.05) is 0 Å². The molecule has 0 aliphatic carbocycles. The molecule has 0 unspecified atom stereocenters. The minimum atomic E-state index is -0.0877. The highest BCUT2D eigenvalue weighted by Gasteiger charge is 2.19. The van der Waals surface area contributed by atoms with Gasteiger partial charge in [-0.05, 0) is 19.4 Å². The summed E-state index contributed by atoms with van der Waals surface area (Å²) in [6.07, 6.45) is 3.41. The number of amides is 2. The van der Waals surface area contributed by atoms with E-state index in [0.29, 0.717) is 26.1 Å². The van der Waals surface area contributed by atoms with Gasteiger partial charge < -0.3 is 20.7 Å². The van der Waals surface area contributed by atoms with E-state index in [2.05, 4.69) is 16.0 Å². The van der Waals surface area contributed by atoms with Gasteiger partial charge in [0.2, 0.25) is 11.8 Å². The topological polar surface area (TPSA) is 79.5 Å². The van der Waals surface area contributed by atoms with Crippen molar-refractivity contribution < 1.29 is 14.3 Å². The van der Waals surface area contributed by atoms with E-state index in [9.17, 15) is 9.59 Å². The van der Waals surface area contributed by atoms with Gasteiger partial charge in [0.15, 0.2) is 0 Å². The molecule has 1 aliphatic heterocycles. The normalized spacial score (nSPS) is 19.3. The molecular weight excluding hydrogens is 234 g/mol. The van der Waals surface area contributed by atoms with Gasteiger partial charge in [0, 0.05) is 26.6 Å². The van der Waals surface area contributed by atoms with Crippen molar-refractivity contribution >= 4 is 11.8 Å². The molecule has 3 N–H and O–H groups in total. The van der Waals surface area contributed by atoms with Crippen LogP contribution in [-0.4, -0.2) is 51.2 Å². The molecule has 0 bridgehead atoms. The highest BCUT2D eigenvalue weighted by Crippen LogP contribution is 2.06. The van der Waals surface area contributed by atoms with Gasteiger partial charge in [-0.3, -0.25) is 9.59 Å². The molecule has 0 aromatic carbocycles.